The molecular weight excluding hydrogens is 321 g/mol. The number of aliphatic hydroxyl groups excluding tert-OH is 2. The van der Waals surface area contributed by atoms with Crippen molar-refractivity contribution in [2.24, 2.45) is 0 Å². The molecule has 0 bridgehead atoms. The smallest absolute Gasteiger partial charge is 0.394 e. The molecule has 22 heavy (non-hydrogen) atoms. The molecule has 124 valence electrons. The van der Waals surface area contributed by atoms with Gasteiger partial charge in [-0.15, -0.1) is 0 Å². The van der Waals surface area contributed by atoms with Gasteiger partial charge >= 0.3 is 7.82 Å². The van der Waals surface area contributed by atoms with Gasteiger partial charge in [-0.05, 0) is 0 Å². The Morgan fingerprint density at radius 3 is 2.36 bits per heavy atom. The standard InChI is InChI=1S/C9H13N5O3.H3O4P/c10-8-7-9(12-3-11-8)14(4-13-7)5-17-6(1-15)2-16;1-5(2,3)4/h3-4,6,15-16H,1-2,5H2,(H2,10,11,12);(H3,1,2,3,4). The zero-order valence-electron chi connectivity index (χ0n) is 11.2. The number of aliphatic hydroxyl groups is 2. The Hall–Kier alpha value is -1.66. The number of fused-ring (bicyclic) bond motifs is 1. The largest absolute Gasteiger partial charge is 0.466 e. The number of aromatic nitrogens is 4. The number of nitrogen functional groups attached to an aromatic ring is 1. The van der Waals surface area contributed by atoms with Gasteiger partial charge in [-0.2, -0.15) is 0 Å². The molecule has 12 nitrogen and oxygen atoms in total. The molecule has 2 heterocycles. The summed E-state index contributed by atoms with van der Waals surface area (Å²) in [7, 11) is -4.64. The lowest BCUT2D eigenvalue weighted by atomic mass is 10.4. The highest BCUT2D eigenvalue weighted by molar-refractivity contribution is 7.45. The van der Waals surface area contributed by atoms with E-state index in [9.17, 15) is 0 Å². The molecular formula is C9H16N5O7P. The summed E-state index contributed by atoms with van der Waals surface area (Å²) in [4.78, 5) is 33.5. The third kappa shape index (κ3) is 5.99. The molecule has 0 saturated heterocycles. The van der Waals surface area contributed by atoms with Crippen LogP contribution in [0.5, 0.6) is 0 Å². The van der Waals surface area contributed by atoms with E-state index in [0.29, 0.717) is 17.0 Å². The number of nitrogens with zero attached hydrogens (tertiary/aromatic N) is 4. The van der Waals surface area contributed by atoms with E-state index in [4.69, 9.17) is 39.9 Å². The third-order valence-corrected chi connectivity index (χ3v) is 2.29. The summed E-state index contributed by atoms with van der Waals surface area (Å²) in [5.74, 6) is 0.301. The molecule has 0 amide bonds. The fourth-order valence-electron chi connectivity index (χ4n) is 1.34. The zero-order chi connectivity index (χ0) is 16.8. The molecule has 0 atom stereocenters. The Balaban J connectivity index is 0.000000422. The molecule has 0 saturated carbocycles. The fraction of sp³-hybridized carbons (Fsp3) is 0.444. The third-order valence-electron chi connectivity index (χ3n) is 2.29. The maximum absolute atomic E-state index is 8.88. The van der Waals surface area contributed by atoms with Gasteiger partial charge in [0.25, 0.3) is 0 Å². The number of ether oxygens (including phenoxy) is 1. The van der Waals surface area contributed by atoms with E-state index in [1.807, 2.05) is 0 Å². The molecule has 7 N–H and O–H groups in total. The number of imidazole rings is 1. The van der Waals surface area contributed by atoms with Crippen LogP contribution in [0, 0.1) is 0 Å². The highest BCUT2D eigenvalue weighted by atomic mass is 31.2. The molecule has 2 rings (SSSR count). The second-order valence-corrected chi connectivity index (χ2v) is 4.97. The van der Waals surface area contributed by atoms with E-state index in [-0.39, 0.29) is 19.9 Å². The second kappa shape index (κ2) is 8.10. The van der Waals surface area contributed by atoms with Gasteiger partial charge < -0.3 is 35.4 Å². The summed E-state index contributed by atoms with van der Waals surface area (Å²) in [6.45, 7) is -0.376. The van der Waals surface area contributed by atoms with Crippen LogP contribution >= 0.6 is 7.82 Å². The van der Waals surface area contributed by atoms with Gasteiger partial charge in [0.05, 0.1) is 19.5 Å². The van der Waals surface area contributed by atoms with Crippen LogP contribution in [0.3, 0.4) is 0 Å². The SMILES string of the molecule is Nc1ncnc2c1ncn2COC(CO)CO.O=P(O)(O)O. The second-order valence-electron chi connectivity index (χ2n) is 3.94. The van der Waals surface area contributed by atoms with E-state index in [2.05, 4.69) is 15.0 Å². The predicted octanol–water partition coefficient (Wildman–Crippen LogP) is -2.19. The lowest BCUT2D eigenvalue weighted by molar-refractivity contribution is -0.0488. The maximum Gasteiger partial charge on any atom is 0.466 e. The van der Waals surface area contributed by atoms with E-state index >= 15 is 0 Å². The average Bonchev–Trinajstić information content (AvgIpc) is 2.83. The molecule has 0 aliphatic carbocycles. The normalized spacial score (nSPS) is 11.5. The van der Waals surface area contributed by atoms with Gasteiger partial charge in [0.15, 0.2) is 11.5 Å². The Bertz CT molecular complexity index is 632. The number of hydrogen-bond acceptors (Lipinski definition) is 8. The Morgan fingerprint density at radius 2 is 1.82 bits per heavy atom. The fourth-order valence-corrected chi connectivity index (χ4v) is 1.34. The van der Waals surface area contributed by atoms with Crippen molar-refractivity contribution in [3.05, 3.63) is 12.7 Å². The maximum atomic E-state index is 8.88. The zero-order valence-corrected chi connectivity index (χ0v) is 12.1. The Morgan fingerprint density at radius 1 is 1.23 bits per heavy atom. The van der Waals surface area contributed by atoms with Gasteiger partial charge in [0.2, 0.25) is 0 Å². The average molecular weight is 337 g/mol. The minimum atomic E-state index is -4.64. The van der Waals surface area contributed by atoms with E-state index < -0.39 is 13.9 Å². The van der Waals surface area contributed by atoms with Crippen LogP contribution in [-0.2, 0) is 16.0 Å². The predicted molar refractivity (Wildman–Crippen MR) is 73.0 cm³/mol. The van der Waals surface area contributed by atoms with Crippen LogP contribution in [0.1, 0.15) is 0 Å². The van der Waals surface area contributed by atoms with Crippen molar-refractivity contribution in [1.82, 2.24) is 19.5 Å². The van der Waals surface area contributed by atoms with E-state index in [0.717, 1.165) is 0 Å². The lowest BCUT2D eigenvalue weighted by Gasteiger charge is -2.12. The van der Waals surface area contributed by atoms with Crippen LogP contribution in [0.25, 0.3) is 11.2 Å². The van der Waals surface area contributed by atoms with Crippen molar-refractivity contribution in [2.75, 3.05) is 18.9 Å². The summed E-state index contributed by atoms with van der Waals surface area (Å²) in [5, 5.41) is 17.7. The molecule has 0 fully saturated rings. The van der Waals surface area contributed by atoms with Gasteiger partial charge in [0, 0.05) is 0 Å². The van der Waals surface area contributed by atoms with Crippen molar-refractivity contribution >= 4 is 24.8 Å². The quantitative estimate of drug-likeness (QED) is 0.324. The monoisotopic (exact) mass is 337 g/mol. The van der Waals surface area contributed by atoms with Crippen molar-refractivity contribution in [2.45, 2.75) is 12.8 Å². The van der Waals surface area contributed by atoms with E-state index in [1.165, 1.54) is 12.7 Å². The first-order valence-corrected chi connectivity index (χ1v) is 7.35. The van der Waals surface area contributed by atoms with Crippen molar-refractivity contribution in [3.63, 3.8) is 0 Å². The van der Waals surface area contributed by atoms with Crippen molar-refractivity contribution in [3.8, 4) is 0 Å². The van der Waals surface area contributed by atoms with Crippen LogP contribution in [0.15, 0.2) is 12.7 Å². The summed E-state index contributed by atoms with van der Waals surface area (Å²) in [6, 6.07) is 0. The van der Waals surface area contributed by atoms with Crippen LogP contribution in [0.2, 0.25) is 0 Å². The topological polar surface area (TPSA) is 197 Å². The van der Waals surface area contributed by atoms with Gasteiger partial charge in [-0.3, -0.25) is 4.57 Å². The molecule has 2 aromatic heterocycles. The van der Waals surface area contributed by atoms with Gasteiger partial charge in [-0.25, -0.2) is 19.5 Å². The molecule has 2 aromatic rings. The van der Waals surface area contributed by atoms with Crippen LogP contribution in [0.4, 0.5) is 5.82 Å². The minimum absolute atomic E-state index is 0.124. The minimum Gasteiger partial charge on any atom is -0.394 e. The summed E-state index contributed by atoms with van der Waals surface area (Å²) >= 11 is 0. The summed E-state index contributed by atoms with van der Waals surface area (Å²) in [5.41, 5.74) is 6.68. The Kier molecular flexibility index (Phi) is 6.77. The highest BCUT2D eigenvalue weighted by Crippen LogP contribution is 2.25. The molecule has 0 unspecified atom stereocenters. The molecule has 0 aliphatic heterocycles. The first-order valence-electron chi connectivity index (χ1n) is 5.79. The number of hydrogen-bond donors (Lipinski definition) is 6. The van der Waals surface area contributed by atoms with Crippen LogP contribution in [-0.4, -0.2) is 63.7 Å². The summed E-state index contributed by atoms with van der Waals surface area (Å²) in [6.07, 6.45) is 2.24. The van der Waals surface area contributed by atoms with Crippen molar-refractivity contribution in [1.29, 1.82) is 0 Å². The van der Waals surface area contributed by atoms with E-state index in [1.54, 1.807) is 4.57 Å². The number of rotatable bonds is 5. The van der Waals surface area contributed by atoms with Gasteiger partial charge in [0.1, 0.15) is 24.7 Å². The molecule has 0 aliphatic rings. The summed E-state index contributed by atoms with van der Waals surface area (Å²) < 4.78 is 15.8. The number of anilines is 1. The highest BCUT2D eigenvalue weighted by Gasteiger charge is 2.10. The van der Waals surface area contributed by atoms with Gasteiger partial charge in [-0.1, -0.05) is 0 Å². The molecule has 0 aromatic carbocycles. The first-order chi connectivity index (χ1) is 10.3. The van der Waals surface area contributed by atoms with Crippen LogP contribution < -0.4 is 5.73 Å². The number of nitrogens with two attached hydrogens (primary N) is 1. The molecule has 0 radical (unpaired) electrons. The Labute approximate surface area is 124 Å². The number of phosphoric acid groups is 1. The lowest BCUT2D eigenvalue weighted by Crippen LogP contribution is -2.23. The van der Waals surface area contributed by atoms with Crippen molar-refractivity contribution < 1.29 is 34.2 Å². The molecule has 13 heteroatoms. The molecule has 0 spiro atoms. The first kappa shape index (κ1) is 18.4.